The quantitative estimate of drug-likeness (QED) is 0.810. The Bertz CT molecular complexity index is 449. The van der Waals surface area contributed by atoms with Gasteiger partial charge in [0.2, 0.25) is 0 Å². The average molecular weight is 259 g/mol. The van der Waals surface area contributed by atoms with Gasteiger partial charge in [-0.3, -0.25) is 4.90 Å². The molecule has 0 saturated carbocycles. The molecule has 2 aliphatic rings. The van der Waals surface area contributed by atoms with E-state index >= 15 is 0 Å². The van der Waals surface area contributed by atoms with Crippen LogP contribution in [0.2, 0.25) is 0 Å². The SMILES string of the molecule is CCc1ccc2c(c1C)CCN([C@@H]1CCOC1)CC2. The van der Waals surface area contributed by atoms with Crippen LogP contribution in [0.1, 0.15) is 35.6 Å². The third-order valence-corrected chi connectivity index (χ3v) is 4.93. The van der Waals surface area contributed by atoms with Crippen LogP contribution in [0.25, 0.3) is 0 Å². The zero-order chi connectivity index (χ0) is 13.2. The third-order valence-electron chi connectivity index (χ3n) is 4.93. The number of hydrogen-bond donors (Lipinski definition) is 0. The molecule has 1 atom stereocenters. The first-order chi connectivity index (χ1) is 9.29. The summed E-state index contributed by atoms with van der Waals surface area (Å²) in [4.78, 5) is 2.65. The Morgan fingerprint density at radius 2 is 2.11 bits per heavy atom. The van der Waals surface area contributed by atoms with E-state index in [1.54, 1.807) is 16.7 Å². The van der Waals surface area contributed by atoms with Crippen molar-refractivity contribution in [2.45, 2.75) is 45.6 Å². The Morgan fingerprint density at radius 3 is 2.84 bits per heavy atom. The Hall–Kier alpha value is -0.860. The van der Waals surface area contributed by atoms with Gasteiger partial charge in [0.15, 0.2) is 0 Å². The van der Waals surface area contributed by atoms with Gasteiger partial charge in [-0.2, -0.15) is 0 Å². The molecule has 0 unspecified atom stereocenters. The molecule has 104 valence electrons. The van der Waals surface area contributed by atoms with Gasteiger partial charge in [0.25, 0.3) is 0 Å². The van der Waals surface area contributed by atoms with Crippen molar-refractivity contribution >= 4 is 0 Å². The fourth-order valence-electron chi connectivity index (χ4n) is 3.63. The van der Waals surface area contributed by atoms with Gasteiger partial charge in [-0.1, -0.05) is 19.1 Å². The maximum absolute atomic E-state index is 5.55. The van der Waals surface area contributed by atoms with E-state index in [-0.39, 0.29) is 0 Å². The summed E-state index contributed by atoms with van der Waals surface area (Å²) >= 11 is 0. The van der Waals surface area contributed by atoms with Crippen LogP contribution in [0.15, 0.2) is 12.1 Å². The van der Waals surface area contributed by atoms with Crippen LogP contribution < -0.4 is 0 Å². The fraction of sp³-hybridized carbons (Fsp3) is 0.647. The molecule has 2 heterocycles. The topological polar surface area (TPSA) is 12.5 Å². The number of nitrogens with zero attached hydrogens (tertiary/aromatic N) is 1. The first-order valence-corrected chi connectivity index (χ1v) is 7.71. The van der Waals surface area contributed by atoms with E-state index in [1.165, 1.54) is 37.9 Å². The van der Waals surface area contributed by atoms with Crippen LogP contribution in [0.3, 0.4) is 0 Å². The summed E-state index contributed by atoms with van der Waals surface area (Å²) in [6.45, 7) is 8.86. The summed E-state index contributed by atoms with van der Waals surface area (Å²) in [5.74, 6) is 0. The Kier molecular flexibility index (Phi) is 3.90. The van der Waals surface area contributed by atoms with E-state index in [2.05, 4.69) is 30.9 Å². The summed E-state index contributed by atoms with van der Waals surface area (Å²) < 4.78 is 5.55. The van der Waals surface area contributed by atoms with Gasteiger partial charge >= 0.3 is 0 Å². The number of rotatable bonds is 2. The highest BCUT2D eigenvalue weighted by Gasteiger charge is 2.25. The van der Waals surface area contributed by atoms with Gasteiger partial charge in [0.1, 0.15) is 0 Å². The Balaban J connectivity index is 1.79. The Morgan fingerprint density at radius 1 is 1.26 bits per heavy atom. The van der Waals surface area contributed by atoms with Crippen LogP contribution in [0.4, 0.5) is 0 Å². The van der Waals surface area contributed by atoms with Crippen molar-refractivity contribution in [3.05, 3.63) is 34.4 Å². The van der Waals surface area contributed by atoms with Crippen LogP contribution >= 0.6 is 0 Å². The number of hydrogen-bond acceptors (Lipinski definition) is 2. The molecule has 1 aromatic carbocycles. The minimum Gasteiger partial charge on any atom is -0.380 e. The molecular formula is C17H25NO. The molecule has 19 heavy (non-hydrogen) atoms. The van der Waals surface area contributed by atoms with Crippen molar-refractivity contribution in [1.29, 1.82) is 0 Å². The molecule has 2 nitrogen and oxygen atoms in total. The van der Waals surface area contributed by atoms with Crippen molar-refractivity contribution in [3.63, 3.8) is 0 Å². The fourth-order valence-corrected chi connectivity index (χ4v) is 3.63. The van der Waals surface area contributed by atoms with Crippen molar-refractivity contribution in [2.24, 2.45) is 0 Å². The van der Waals surface area contributed by atoms with Gasteiger partial charge in [0, 0.05) is 25.7 Å². The minimum absolute atomic E-state index is 0.667. The normalized spacial score (nSPS) is 24.2. The molecule has 0 amide bonds. The van der Waals surface area contributed by atoms with Crippen molar-refractivity contribution in [3.8, 4) is 0 Å². The van der Waals surface area contributed by atoms with Crippen LogP contribution in [0, 0.1) is 6.92 Å². The molecule has 2 aliphatic heterocycles. The first kappa shape index (κ1) is 13.1. The molecule has 1 fully saturated rings. The largest absolute Gasteiger partial charge is 0.380 e. The maximum Gasteiger partial charge on any atom is 0.0622 e. The lowest BCUT2D eigenvalue weighted by atomic mass is 9.93. The van der Waals surface area contributed by atoms with Gasteiger partial charge in [-0.15, -0.1) is 0 Å². The molecule has 3 rings (SSSR count). The van der Waals surface area contributed by atoms with Gasteiger partial charge < -0.3 is 4.74 Å². The van der Waals surface area contributed by atoms with Gasteiger partial charge in [0.05, 0.1) is 6.61 Å². The third kappa shape index (κ3) is 2.56. The first-order valence-electron chi connectivity index (χ1n) is 7.71. The average Bonchev–Trinajstić information content (AvgIpc) is 2.86. The molecule has 0 radical (unpaired) electrons. The van der Waals surface area contributed by atoms with Crippen LogP contribution in [0.5, 0.6) is 0 Å². The summed E-state index contributed by atoms with van der Waals surface area (Å²) in [6, 6.07) is 5.37. The number of fused-ring (bicyclic) bond motifs is 1. The highest BCUT2D eigenvalue weighted by Crippen LogP contribution is 2.25. The molecule has 1 saturated heterocycles. The lowest BCUT2D eigenvalue weighted by Gasteiger charge is -2.25. The standard InChI is InChI=1S/C17H25NO/c1-3-14-4-5-15-6-9-18(16-8-11-19-12-16)10-7-17(15)13(14)2/h4-5,16H,3,6-12H2,1-2H3/t16-/m1/s1. The summed E-state index contributed by atoms with van der Waals surface area (Å²) in [7, 11) is 0. The van der Waals surface area contributed by atoms with E-state index in [0.29, 0.717) is 6.04 Å². The molecule has 0 aromatic heterocycles. The van der Waals surface area contributed by atoms with E-state index in [0.717, 1.165) is 19.6 Å². The van der Waals surface area contributed by atoms with Gasteiger partial charge in [-0.05, 0) is 54.9 Å². The predicted octanol–water partition coefficient (Wildman–Crippen LogP) is 2.75. The van der Waals surface area contributed by atoms with E-state index in [9.17, 15) is 0 Å². The zero-order valence-electron chi connectivity index (χ0n) is 12.2. The molecule has 0 N–H and O–H groups in total. The van der Waals surface area contributed by atoms with Crippen LogP contribution in [-0.2, 0) is 24.0 Å². The van der Waals surface area contributed by atoms with Crippen molar-refractivity contribution < 1.29 is 4.74 Å². The Labute approximate surface area is 116 Å². The highest BCUT2D eigenvalue weighted by atomic mass is 16.5. The number of ether oxygens (including phenoxy) is 1. The van der Waals surface area contributed by atoms with Gasteiger partial charge in [-0.25, -0.2) is 0 Å². The predicted molar refractivity (Wildman–Crippen MR) is 78.8 cm³/mol. The lowest BCUT2D eigenvalue weighted by Crippen LogP contribution is -2.37. The molecule has 2 heteroatoms. The molecule has 0 spiro atoms. The number of benzene rings is 1. The molecular weight excluding hydrogens is 234 g/mol. The molecule has 0 bridgehead atoms. The van der Waals surface area contributed by atoms with Crippen molar-refractivity contribution in [2.75, 3.05) is 26.3 Å². The van der Waals surface area contributed by atoms with E-state index < -0.39 is 0 Å². The van der Waals surface area contributed by atoms with Crippen LogP contribution in [-0.4, -0.2) is 37.2 Å². The van der Waals surface area contributed by atoms with E-state index in [4.69, 9.17) is 4.74 Å². The lowest BCUT2D eigenvalue weighted by molar-refractivity contribution is 0.147. The summed E-state index contributed by atoms with van der Waals surface area (Å²) in [5.41, 5.74) is 6.28. The monoisotopic (exact) mass is 259 g/mol. The second-order valence-electron chi connectivity index (χ2n) is 5.89. The minimum atomic E-state index is 0.667. The molecule has 0 aliphatic carbocycles. The molecule has 1 aromatic rings. The summed E-state index contributed by atoms with van der Waals surface area (Å²) in [5, 5.41) is 0. The number of aryl methyl sites for hydroxylation is 1. The second-order valence-corrected chi connectivity index (χ2v) is 5.89. The maximum atomic E-state index is 5.55. The summed E-state index contributed by atoms with van der Waals surface area (Å²) in [6.07, 6.45) is 4.79. The van der Waals surface area contributed by atoms with E-state index in [1.807, 2.05) is 0 Å². The van der Waals surface area contributed by atoms with Crippen molar-refractivity contribution in [1.82, 2.24) is 4.90 Å². The second kappa shape index (κ2) is 5.64. The highest BCUT2D eigenvalue weighted by molar-refractivity contribution is 5.41. The zero-order valence-corrected chi connectivity index (χ0v) is 12.2. The smallest absolute Gasteiger partial charge is 0.0622 e.